The molecule has 0 heterocycles. The molecule has 0 aliphatic rings. The molecule has 7 nitrogen and oxygen atoms in total. The molecule has 2 aromatic rings. The van der Waals surface area contributed by atoms with Crippen LogP contribution in [0.15, 0.2) is 36.4 Å². The predicted molar refractivity (Wildman–Crippen MR) is 106 cm³/mol. The van der Waals surface area contributed by atoms with Crippen LogP contribution in [0.4, 0.5) is 8.78 Å². The standard InChI is InChI=1S/C21H25F2NO6/c1-13(14-5-7-16(18(11-14)27-3)29-10-9-26-2)24-20(25)15-6-8-17(30-21(22)23)19(12-15)28-4/h5-8,11-13,21H,9-10H2,1-4H3,(H,24,25). The summed E-state index contributed by atoms with van der Waals surface area (Å²) < 4.78 is 50.2. The van der Waals surface area contributed by atoms with Gasteiger partial charge >= 0.3 is 6.61 Å². The minimum Gasteiger partial charge on any atom is -0.493 e. The summed E-state index contributed by atoms with van der Waals surface area (Å²) in [6, 6.07) is 8.97. The molecule has 0 saturated heterocycles. The summed E-state index contributed by atoms with van der Waals surface area (Å²) in [4.78, 5) is 12.6. The molecule has 0 spiro atoms. The van der Waals surface area contributed by atoms with Crippen LogP contribution in [0.2, 0.25) is 0 Å². The van der Waals surface area contributed by atoms with Gasteiger partial charge in [0.1, 0.15) is 6.61 Å². The summed E-state index contributed by atoms with van der Waals surface area (Å²) >= 11 is 0. The van der Waals surface area contributed by atoms with E-state index in [0.717, 1.165) is 5.56 Å². The van der Waals surface area contributed by atoms with Crippen molar-refractivity contribution >= 4 is 5.91 Å². The molecule has 2 aromatic carbocycles. The Kier molecular flexibility index (Phi) is 8.67. The molecule has 0 bridgehead atoms. The number of hydrogen-bond donors (Lipinski definition) is 1. The first-order valence-electron chi connectivity index (χ1n) is 9.13. The van der Waals surface area contributed by atoms with Crippen LogP contribution in [0, 0.1) is 0 Å². The Morgan fingerprint density at radius 2 is 1.60 bits per heavy atom. The Morgan fingerprint density at radius 3 is 2.23 bits per heavy atom. The lowest BCUT2D eigenvalue weighted by molar-refractivity contribution is -0.0512. The maximum Gasteiger partial charge on any atom is 0.387 e. The highest BCUT2D eigenvalue weighted by molar-refractivity contribution is 5.95. The highest BCUT2D eigenvalue weighted by Crippen LogP contribution is 2.31. The topological polar surface area (TPSA) is 75.3 Å². The van der Waals surface area contributed by atoms with Gasteiger partial charge in [0.2, 0.25) is 0 Å². The number of ether oxygens (including phenoxy) is 5. The molecular weight excluding hydrogens is 400 g/mol. The molecule has 0 saturated carbocycles. The number of benzene rings is 2. The number of halogens is 2. The molecule has 2 rings (SSSR count). The molecular formula is C21H25F2NO6. The van der Waals surface area contributed by atoms with Crippen molar-refractivity contribution in [3.63, 3.8) is 0 Å². The molecule has 0 aliphatic heterocycles. The largest absolute Gasteiger partial charge is 0.493 e. The van der Waals surface area contributed by atoms with Crippen molar-refractivity contribution in [1.29, 1.82) is 0 Å². The summed E-state index contributed by atoms with van der Waals surface area (Å²) in [7, 11) is 4.42. The smallest absolute Gasteiger partial charge is 0.387 e. The van der Waals surface area contributed by atoms with Crippen LogP contribution in [0.1, 0.15) is 28.9 Å². The van der Waals surface area contributed by atoms with Crippen LogP contribution in [-0.4, -0.2) is 47.1 Å². The first-order valence-corrected chi connectivity index (χ1v) is 9.13. The first-order chi connectivity index (χ1) is 14.4. The third-order valence-corrected chi connectivity index (χ3v) is 4.22. The Balaban J connectivity index is 2.11. The number of carbonyl (C=O) groups excluding carboxylic acids is 1. The second kappa shape index (κ2) is 11.2. The van der Waals surface area contributed by atoms with Gasteiger partial charge in [-0.2, -0.15) is 8.78 Å². The molecule has 164 valence electrons. The molecule has 0 radical (unpaired) electrons. The lowest BCUT2D eigenvalue weighted by atomic mass is 10.1. The van der Waals surface area contributed by atoms with Crippen molar-refractivity contribution in [1.82, 2.24) is 5.32 Å². The summed E-state index contributed by atoms with van der Waals surface area (Å²) in [5.41, 5.74) is 1.04. The van der Waals surface area contributed by atoms with E-state index in [4.69, 9.17) is 18.9 Å². The Hall–Kier alpha value is -3.07. The Labute approximate surface area is 173 Å². The van der Waals surface area contributed by atoms with Gasteiger partial charge in [-0.25, -0.2) is 0 Å². The van der Waals surface area contributed by atoms with Crippen molar-refractivity contribution in [2.24, 2.45) is 0 Å². The van der Waals surface area contributed by atoms with Gasteiger partial charge in [0.25, 0.3) is 5.91 Å². The lowest BCUT2D eigenvalue weighted by Gasteiger charge is -2.18. The highest BCUT2D eigenvalue weighted by Gasteiger charge is 2.17. The van der Waals surface area contributed by atoms with E-state index in [1.54, 1.807) is 19.2 Å². The zero-order chi connectivity index (χ0) is 22.1. The molecule has 30 heavy (non-hydrogen) atoms. The van der Waals surface area contributed by atoms with Crippen LogP contribution in [0.25, 0.3) is 0 Å². The van der Waals surface area contributed by atoms with E-state index >= 15 is 0 Å². The van der Waals surface area contributed by atoms with Crippen LogP contribution >= 0.6 is 0 Å². The van der Waals surface area contributed by atoms with E-state index in [-0.39, 0.29) is 23.1 Å². The summed E-state index contributed by atoms with van der Waals surface area (Å²) in [6.45, 7) is -0.355. The minimum atomic E-state index is -2.99. The molecule has 1 amide bonds. The number of hydrogen-bond acceptors (Lipinski definition) is 6. The zero-order valence-electron chi connectivity index (χ0n) is 17.2. The molecule has 9 heteroatoms. The predicted octanol–water partition coefficient (Wildman–Crippen LogP) is 3.82. The van der Waals surface area contributed by atoms with E-state index in [0.29, 0.717) is 24.7 Å². The normalized spacial score (nSPS) is 11.7. The van der Waals surface area contributed by atoms with Gasteiger partial charge in [-0.15, -0.1) is 0 Å². The maximum absolute atomic E-state index is 12.6. The second-order valence-electron chi connectivity index (χ2n) is 6.19. The number of methoxy groups -OCH3 is 3. The van der Waals surface area contributed by atoms with Gasteiger partial charge in [-0.05, 0) is 42.8 Å². The zero-order valence-corrected chi connectivity index (χ0v) is 17.2. The van der Waals surface area contributed by atoms with Gasteiger partial charge in [0, 0.05) is 12.7 Å². The Bertz CT molecular complexity index is 846. The van der Waals surface area contributed by atoms with Gasteiger partial charge in [-0.3, -0.25) is 4.79 Å². The SMILES string of the molecule is COCCOc1ccc(C(C)NC(=O)c2ccc(OC(F)F)c(OC)c2)cc1OC. The fourth-order valence-corrected chi connectivity index (χ4v) is 2.67. The molecule has 0 aliphatic carbocycles. The third-order valence-electron chi connectivity index (χ3n) is 4.22. The number of rotatable bonds is 11. The van der Waals surface area contributed by atoms with E-state index in [1.807, 2.05) is 13.0 Å². The maximum atomic E-state index is 12.6. The monoisotopic (exact) mass is 425 g/mol. The molecule has 0 aromatic heterocycles. The average Bonchev–Trinajstić information content (AvgIpc) is 2.73. The lowest BCUT2D eigenvalue weighted by Crippen LogP contribution is -2.26. The van der Waals surface area contributed by atoms with Gasteiger partial charge in [0.05, 0.1) is 26.9 Å². The van der Waals surface area contributed by atoms with E-state index in [9.17, 15) is 13.6 Å². The van der Waals surface area contributed by atoms with Gasteiger partial charge in [0.15, 0.2) is 23.0 Å². The van der Waals surface area contributed by atoms with Crippen molar-refractivity contribution in [2.75, 3.05) is 34.5 Å². The van der Waals surface area contributed by atoms with Crippen molar-refractivity contribution in [3.05, 3.63) is 47.5 Å². The fourth-order valence-electron chi connectivity index (χ4n) is 2.67. The summed E-state index contributed by atoms with van der Waals surface area (Å²) in [5.74, 6) is 0.584. The fraction of sp³-hybridized carbons (Fsp3) is 0.381. The number of alkyl halides is 2. The summed E-state index contributed by atoms with van der Waals surface area (Å²) in [6.07, 6.45) is 0. The minimum absolute atomic E-state index is 0.0369. The quantitative estimate of drug-likeness (QED) is 0.552. The number of carbonyl (C=O) groups is 1. The average molecular weight is 425 g/mol. The van der Waals surface area contributed by atoms with E-state index in [1.165, 1.54) is 32.4 Å². The third kappa shape index (κ3) is 6.21. The van der Waals surface area contributed by atoms with E-state index in [2.05, 4.69) is 10.1 Å². The molecule has 1 N–H and O–H groups in total. The van der Waals surface area contributed by atoms with Crippen molar-refractivity contribution < 1.29 is 37.3 Å². The molecule has 0 fully saturated rings. The van der Waals surface area contributed by atoms with E-state index < -0.39 is 12.5 Å². The van der Waals surface area contributed by atoms with Crippen molar-refractivity contribution in [3.8, 4) is 23.0 Å². The number of nitrogens with one attached hydrogen (secondary N) is 1. The van der Waals surface area contributed by atoms with Gasteiger partial charge in [-0.1, -0.05) is 6.07 Å². The first kappa shape index (κ1) is 23.2. The summed E-state index contributed by atoms with van der Waals surface area (Å²) in [5, 5.41) is 2.85. The van der Waals surface area contributed by atoms with Gasteiger partial charge < -0.3 is 29.0 Å². The van der Waals surface area contributed by atoms with Crippen LogP contribution in [0.3, 0.4) is 0 Å². The van der Waals surface area contributed by atoms with Crippen LogP contribution in [0.5, 0.6) is 23.0 Å². The molecule has 1 unspecified atom stereocenters. The van der Waals surface area contributed by atoms with Crippen molar-refractivity contribution in [2.45, 2.75) is 19.6 Å². The number of amides is 1. The van der Waals surface area contributed by atoms with Crippen LogP contribution < -0.4 is 24.3 Å². The van der Waals surface area contributed by atoms with Crippen LogP contribution in [-0.2, 0) is 4.74 Å². The second-order valence-corrected chi connectivity index (χ2v) is 6.19. The highest BCUT2D eigenvalue weighted by atomic mass is 19.3. The Morgan fingerprint density at radius 1 is 0.933 bits per heavy atom. The molecule has 1 atom stereocenters.